The molecule has 0 fully saturated rings. The Hall–Kier alpha value is -0.790. The van der Waals surface area contributed by atoms with Gasteiger partial charge in [0.1, 0.15) is 0 Å². The van der Waals surface area contributed by atoms with Crippen LogP contribution in [0.5, 0.6) is 0 Å². The molecule has 1 amide bonds. The van der Waals surface area contributed by atoms with Crippen LogP contribution in [0.25, 0.3) is 0 Å². The van der Waals surface area contributed by atoms with Gasteiger partial charge in [-0.1, -0.05) is 59.0 Å². The summed E-state index contributed by atoms with van der Waals surface area (Å²) in [6.07, 6.45) is 12.3. The number of unbranched alkanes of at least 4 members (excludes halogenated alkanes) is 5. The first-order valence-electron chi connectivity index (χ1n) is 7.15. The van der Waals surface area contributed by atoms with Gasteiger partial charge >= 0.3 is 0 Å². The number of hydrogen-bond donors (Lipinski definition) is 1. The Morgan fingerprint density at radius 3 is 2.53 bits per heavy atom. The van der Waals surface area contributed by atoms with Crippen LogP contribution in [0.4, 0.5) is 0 Å². The summed E-state index contributed by atoms with van der Waals surface area (Å²) in [5.74, 6) is 0.625. The predicted molar refractivity (Wildman–Crippen MR) is 75.0 cm³/mol. The molecule has 1 atom stereocenters. The van der Waals surface area contributed by atoms with Gasteiger partial charge in [0.25, 0.3) is 0 Å². The van der Waals surface area contributed by atoms with E-state index in [-0.39, 0.29) is 5.91 Å². The van der Waals surface area contributed by atoms with Crippen molar-refractivity contribution in [1.29, 1.82) is 0 Å². The van der Waals surface area contributed by atoms with Crippen molar-refractivity contribution in [3.8, 4) is 0 Å². The lowest BCUT2D eigenvalue weighted by atomic mass is 10.1. The Morgan fingerprint density at radius 2 is 1.88 bits per heavy atom. The lowest BCUT2D eigenvalue weighted by Crippen LogP contribution is -2.26. The minimum atomic E-state index is 0.0545. The van der Waals surface area contributed by atoms with Crippen LogP contribution in [-0.4, -0.2) is 12.5 Å². The van der Waals surface area contributed by atoms with Gasteiger partial charge in [-0.25, -0.2) is 0 Å². The van der Waals surface area contributed by atoms with Crippen molar-refractivity contribution in [2.45, 2.75) is 65.7 Å². The summed E-state index contributed by atoms with van der Waals surface area (Å²) in [6.45, 7) is 7.30. The highest BCUT2D eigenvalue weighted by molar-refractivity contribution is 5.87. The molecular weight excluding hydrogens is 210 g/mol. The molecule has 17 heavy (non-hydrogen) atoms. The van der Waals surface area contributed by atoms with E-state index in [1.54, 1.807) is 6.08 Å². The number of carbonyl (C=O) groups excluding carboxylic acids is 1. The van der Waals surface area contributed by atoms with E-state index in [2.05, 4.69) is 26.1 Å². The van der Waals surface area contributed by atoms with Gasteiger partial charge in [0.15, 0.2) is 0 Å². The minimum absolute atomic E-state index is 0.0545. The van der Waals surface area contributed by atoms with Crippen LogP contribution in [-0.2, 0) is 4.79 Å². The number of nitrogens with one attached hydrogen (secondary N) is 1. The normalized spacial score (nSPS) is 12.9. The highest BCUT2D eigenvalue weighted by Crippen LogP contribution is 2.05. The third-order valence-corrected chi connectivity index (χ3v) is 3.07. The first-order valence-corrected chi connectivity index (χ1v) is 7.15. The number of hydrogen-bond acceptors (Lipinski definition) is 1. The molecule has 0 bridgehead atoms. The van der Waals surface area contributed by atoms with Gasteiger partial charge in [-0.3, -0.25) is 4.79 Å². The fraction of sp³-hybridized carbons (Fsp3) is 0.800. The molecule has 0 aromatic heterocycles. The first kappa shape index (κ1) is 16.2. The predicted octanol–water partition coefficient (Wildman–Crippen LogP) is 4.07. The molecule has 0 spiro atoms. The highest BCUT2D eigenvalue weighted by atomic mass is 16.1. The Bertz CT molecular complexity index is 211. The van der Waals surface area contributed by atoms with Gasteiger partial charge in [0.2, 0.25) is 5.91 Å². The molecule has 0 aliphatic rings. The van der Waals surface area contributed by atoms with Crippen molar-refractivity contribution in [2.24, 2.45) is 5.92 Å². The van der Waals surface area contributed by atoms with E-state index in [1.807, 2.05) is 6.08 Å². The lowest BCUT2D eigenvalue weighted by molar-refractivity contribution is -0.116. The smallest absolute Gasteiger partial charge is 0.243 e. The van der Waals surface area contributed by atoms with Crippen molar-refractivity contribution in [3.05, 3.63) is 12.2 Å². The SMILES string of the molecule is CCCCCCC/C=C/C(=O)NCC(C)CC. The fourth-order valence-corrected chi connectivity index (χ4v) is 1.53. The van der Waals surface area contributed by atoms with E-state index in [1.165, 1.54) is 32.1 Å². The number of amides is 1. The Kier molecular flexibility index (Phi) is 11.1. The highest BCUT2D eigenvalue weighted by Gasteiger charge is 1.99. The van der Waals surface area contributed by atoms with Crippen LogP contribution < -0.4 is 5.32 Å². The fourth-order valence-electron chi connectivity index (χ4n) is 1.53. The molecule has 2 nitrogen and oxygen atoms in total. The molecule has 100 valence electrons. The Morgan fingerprint density at radius 1 is 1.18 bits per heavy atom. The van der Waals surface area contributed by atoms with E-state index >= 15 is 0 Å². The summed E-state index contributed by atoms with van der Waals surface area (Å²) in [7, 11) is 0. The van der Waals surface area contributed by atoms with Crippen molar-refractivity contribution >= 4 is 5.91 Å². The summed E-state index contributed by atoms with van der Waals surface area (Å²) in [5, 5.41) is 2.92. The van der Waals surface area contributed by atoms with Crippen LogP contribution in [0.1, 0.15) is 65.7 Å². The second kappa shape index (κ2) is 11.7. The number of rotatable bonds is 10. The van der Waals surface area contributed by atoms with Gasteiger partial charge in [0, 0.05) is 6.54 Å². The zero-order valence-electron chi connectivity index (χ0n) is 11.8. The van der Waals surface area contributed by atoms with Crippen LogP contribution in [0.15, 0.2) is 12.2 Å². The maximum absolute atomic E-state index is 11.4. The molecule has 0 saturated heterocycles. The molecule has 0 saturated carbocycles. The maximum atomic E-state index is 11.4. The third-order valence-electron chi connectivity index (χ3n) is 3.07. The minimum Gasteiger partial charge on any atom is -0.352 e. The summed E-state index contributed by atoms with van der Waals surface area (Å²) in [5.41, 5.74) is 0. The molecule has 0 radical (unpaired) electrons. The van der Waals surface area contributed by atoms with E-state index < -0.39 is 0 Å². The van der Waals surface area contributed by atoms with Crippen molar-refractivity contribution in [1.82, 2.24) is 5.32 Å². The van der Waals surface area contributed by atoms with E-state index in [0.29, 0.717) is 5.92 Å². The van der Waals surface area contributed by atoms with E-state index in [4.69, 9.17) is 0 Å². The topological polar surface area (TPSA) is 29.1 Å². The second-order valence-corrected chi connectivity index (χ2v) is 4.86. The summed E-state index contributed by atoms with van der Waals surface area (Å²) >= 11 is 0. The largest absolute Gasteiger partial charge is 0.352 e. The molecular formula is C15H29NO. The van der Waals surface area contributed by atoms with Gasteiger partial charge in [-0.05, 0) is 24.8 Å². The van der Waals surface area contributed by atoms with Crippen LogP contribution >= 0.6 is 0 Å². The summed E-state index contributed by atoms with van der Waals surface area (Å²) < 4.78 is 0. The Balaban J connectivity index is 3.40. The monoisotopic (exact) mass is 239 g/mol. The molecule has 0 rings (SSSR count). The van der Waals surface area contributed by atoms with Crippen molar-refractivity contribution in [2.75, 3.05) is 6.54 Å². The molecule has 0 aromatic rings. The molecule has 1 N–H and O–H groups in total. The molecule has 0 aliphatic heterocycles. The maximum Gasteiger partial charge on any atom is 0.243 e. The van der Waals surface area contributed by atoms with Gasteiger partial charge < -0.3 is 5.32 Å². The van der Waals surface area contributed by atoms with Crippen LogP contribution in [0.3, 0.4) is 0 Å². The first-order chi connectivity index (χ1) is 8.20. The Labute approximate surface area is 107 Å². The van der Waals surface area contributed by atoms with Crippen molar-refractivity contribution < 1.29 is 4.79 Å². The number of allylic oxidation sites excluding steroid dienone is 1. The van der Waals surface area contributed by atoms with Gasteiger partial charge in [-0.2, -0.15) is 0 Å². The van der Waals surface area contributed by atoms with Gasteiger partial charge in [0.05, 0.1) is 0 Å². The van der Waals surface area contributed by atoms with Crippen LogP contribution in [0, 0.1) is 5.92 Å². The summed E-state index contributed by atoms with van der Waals surface area (Å²) in [4.78, 5) is 11.4. The van der Waals surface area contributed by atoms with E-state index in [0.717, 1.165) is 19.4 Å². The standard InChI is InChI=1S/C15H29NO/c1-4-6-7-8-9-10-11-12-15(17)16-13-14(3)5-2/h11-12,14H,4-10,13H2,1-3H3,(H,16,17)/b12-11+. The third kappa shape index (κ3) is 11.5. The molecule has 0 aliphatic carbocycles. The quantitative estimate of drug-likeness (QED) is 0.452. The van der Waals surface area contributed by atoms with Crippen LogP contribution in [0.2, 0.25) is 0 Å². The molecule has 2 heteroatoms. The average Bonchev–Trinajstić information content (AvgIpc) is 2.34. The lowest BCUT2D eigenvalue weighted by Gasteiger charge is -2.07. The zero-order valence-corrected chi connectivity index (χ0v) is 11.8. The average molecular weight is 239 g/mol. The van der Waals surface area contributed by atoms with Crippen molar-refractivity contribution in [3.63, 3.8) is 0 Å². The molecule has 0 aromatic carbocycles. The zero-order chi connectivity index (χ0) is 12.9. The second-order valence-electron chi connectivity index (χ2n) is 4.86. The summed E-state index contributed by atoms with van der Waals surface area (Å²) in [6, 6.07) is 0. The van der Waals surface area contributed by atoms with Gasteiger partial charge in [-0.15, -0.1) is 0 Å². The number of carbonyl (C=O) groups is 1. The molecule has 1 unspecified atom stereocenters. The van der Waals surface area contributed by atoms with E-state index in [9.17, 15) is 4.79 Å². The molecule has 0 heterocycles.